The van der Waals surface area contributed by atoms with Gasteiger partial charge in [0.1, 0.15) is 11.6 Å². The summed E-state index contributed by atoms with van der Waals surface area (Å²) in [6.07, 6.45) is 3.55. The molecule has 2 rings (SSSR count). The number of benzene rings is 1. The van der Waals surface area contributed by atoms with Crippen LogP contribution < -0.4 is 10.6 Å². The summed E-state index contributed by atoms with van der Waals surface area (Å²) in [6, 6.07) is 6.53. The van der Waals surface area contributed by atoms with Gasteiger partial charge in [-0.1, -0.05) is 19.1 Å². The van der Waals surface area contributed by atoms with Gasteiger partial charge in [0.2, 0.25) is 5.95 Å². The lowest BCUT2D eigenvalue weighted by molar-refractivity contribution is 0.627. The lowest BCUT2D eigenvalue weighted by atomic mass is 10.1. The second kappa shape index (κ2) is 7.93. The predicted molar refractivity (Wildman–Crippen MR) is 87.1 cm³/mol. The minimum atomic E-state index is -0.211. The third-order valence-electron chi connectivity index (χ3n) is 2.90. The Morgan fingerprint density at radius 2 is 1.90 bits per heavy atom. The topological polar surface area (TPSA) is 49.8 Å². The van der Waals surface area contributed by atoms with Crippen LogP contribution in [0.1, 0.15) is 18.9 Å². The molecule has 112 valence electrons. The molecule has 0 radical (unpaired) electrons. The Morgan fingerprint density at radius 1 is 1.14 bits per heavy atom. The summed E-state index contributed by atoms with van der Waals surface area (Å²) in [6.45, 7) is 3.65. The number of nitrogens with zero attached hydrogens (tertiary/aromatic N) is 2. The molecule has 21 heavy (non-hydrogen) atoms. The van der Waals surface area contributed by atoms with Crippen molar-refractivity contribution in [2.45, 2.75) is 19.8 Å². The van der Waals surface area contributed by atoms with Crippen molar-refractivity contribution in [2.24, 2.45) is 0 Å². The highest BCUT2D eigenvalue weighted by Gasteiger charge is 2.04. The molecule has 0 aliphatic carbocycles. The van der Waals surface area contributed by atoms with Crippen LogP contribution in [0.4, 0.5) is 16.2 Å². The zero-order valence-electron chi connectivity index (χ0n) is 11.9. The van der Waals surface area contributed by atoms with E-state index in [1.54, 1.807) is 18.3 Å². The number of halogens is 2. The molecular formula is C15H18BrFN4. The molecule has 2 N–H and O–H groups in total. The fraction of sp³-hybridized carbons (Fsp3) is 0.333. The van der Waals surface area contributed by atoms with Gasteiger partial charge in [-0.25, -0.2) is 9.37 Å². The van der Waals surface area contributed by atoms with Gasteiger partial charge in [0, 0.05) is 19.3 Å². The van der Waals surface area contributed by atoms with Gasteiger partial charge in [-0.15, -0.1) is 0 Å². The van der Waals surface area contributed by atoms with Crippen molar-refractivity contribution in [3.8, 4) is 0 Å². The van der Waals surface area contributed by atoms with Gasteiger partial charge >= 0.3 is 0 Å². The second-order valence-corrected chi connectivity index (χ2v) is 5.47. The van der Waals surface area contributed by atoms with E-state index in [9.17, 15) is 4.39 Å². The minimum Gasteiger partial charge on any atom is -0.369 e. The van der Waals surface area contributed by atoms with E-state index >= 15 is 0 Å². The highest BCUT2D eigenvalue weighted by molar-refractivity contribution is 9.10. The molecule has 1 aromatic heterocycles. The van der Waals surface area contributed by atoms with Crippen molar-refractivity contribution in [1.29, 1.82) is 0 Å². The Bertz CT molecular complexity index is 574. The van der Waals surface area contributed by atoms with Crippen molar-refractivity contribution in [1.82, 2.24) is 9.97 Å². The Labute approximate surface area is 132 Å². The Morgan fingerprint density at radius 3 is 2.62 bits per heavy atom. The smallest absolute Gasteiger partial charge is 0.224 e. The molecule has 0 atom stereocenters. The summed E-state index contributed by atoms with van der Waals surface area (Å²) >= 11 is 3.43. The van der Waals surface area contributed by atoms with E-state index < -0.39 is 0 Å². The molecule has 0 bridgehead atoms. The van der Waals surface area contributed by atoms with Gasteiger partial charge < -0.3 is 10.6 Å². The first-order valence-electron chi connectivity index (χ1n) is 6.93. The van der Waals surface area contributed by atoms with E-state index in [1.165, 1.54) is 12.1 Å². The molecule has 6 heteroatoms. The van der Waals surface area contributed by atoms with Gasteiger partial charge in [0.05, 0.1) is 4.47 Å². The zero-order chi connectivity index (χ0) is 15.1. The van der Waals surface area contributed by atoms with Gasteiger partial charge in [-0.05, 0) is 46.5 Å². The molecule has 0 aliphatic heterocycles. The SMILES string of the molecule is CCCNc1ncc(Br)c(NCCc2ccc(F)cc2)n1. The first kappa shape index (κ1) is 15.7. The Hall–Kier alpha value is -1.69. The summed E-state index contributed by atoms with van der Waals surface area (Å²) in [4.78, 5) is 8.62. The van der Waals surface area contributed by atoms with E-state index in [-0.39, 0.29) is 5.82 Å². The number of hydrogen-bond acceptors (Lipinski definition) is 4. The van der Waals surface area contributed by atoms with E-state index in [0.29, 0.717) is 12.5 Å². The lowest BCUT2D eigenvalue weighted by Gasteiger charge is -2.10. The second-order valence-electron chi connectivity index (χ2n) is 4.62. The van der Waals surface area contributed by atoms with Crippen LogP contribution in [0.3, 0.4) is 0 Å². The Kier molecular flexibility index (Phi) is 5.92. The van der Waals surface area contributed by atoms with Gasteiger partial charge in [-0.3, -0.25) is 0 Å². The summed E-state index contributed by atoms with van der Waals surface area (Å²) in [5.74, 6) is 1.16. The van der Waals surface area contributed by atoms with Gasteiger partial charge in [0.25, 0.3) is 0 Å². The maximum Gasteiger partial charge on any atom is 0.224 e. The maximum absolute atomic E-state index is 12.8. The van der Waals surface area contributed by atoms with Crippen LogP contribution in [0, 0.1) is 5.82 Å². The van der Waals surface area contributed by atoms with Crippen LogP contribution in [0.25, 0.3) is 0 Å². The van der Waals surface area contributed by atoms with E-state index in [0.717, 1.165) is 35.2 Å². The molecule has 0 aliphatic rings. The molecule has 1 heterocycles. The van der Waals surface area contributed by atoms with Crippen LogP contribution in [-0.2, 0) is 6.42 Å². The van der Waals surface area contributed by atoms with Crippen molar-refractivity contribution in [2.75, 3.05) is 23.7 Å². The highest BCUT2D eigenvalue weighted by Crippen LogP contribution is 2.20. The molecule has 0 fully saturated rings. The van der Waals surface area contributed by atoms with E-state index in [1.807, 2.05) is 0 Å². The third-order valence-corrected chi connectivity index (χ3v) is 3.48. The molecule has 2 aromatic rings. The zero-order valence-corrected chi connectivity index (χ0v) is 13.5. The largest absolute Gasteiger partial charge is 0.369 e. The molecule has 0 spiro atoms. The third kappa shape index (κ3) is 4.97. The number of anilines is 2. The molecule has 0 unspecified atom stereocenters. The van der Waals surface area contributed by atoms with Crippen molar-refractivity contribution < 1.29 is 4.39 Å². The highest BCUT2D eigenvalue weighted by atomic mass is 79.9. The van der Waals surface area contributed by atoms with Gasteiger partial charge in [0.15, 0.2) is 0 Å². The van der Waals surface area contributed by atoms with Crippen LogP contribution >= 0.6 is 15.9 Å². The van der Waals surface area contributed by atoms with Crippen LogP contribution in [0.5, 0.6) is 0 Å². The number of aromatic nitrogens is 2. The summed E-state index contributed by atoms with van der Waals surface area (Å²) in [5.41, 5.74) is 1.08. The summed E-state index contributed by atoms with van der Waals surface area (Å²) < 4.78 is 13.7. The molecule has 1 aromatic carbocycles. The van der Waals surface area contributed by atoms with Crippen LogP contribution in [0.15, 0.2) is 34.9 Å². The molecule has 0 amide bonds. The quantitative estimate of drug-likeness (QED) is 0.794. The normalized spacial score (nSPS) is 10.4. The van der Waals surface area contributed by atoms with Gasteiger partial charge in [-0.2, -0.15) is 4.98 Å². The average Bonchev–Trinajstić information content (AvgIpc) is 2.50. The standard InChI is InChI=1S/C15H18BrFN4/c1-2-8-19-15-20-10-13(16)14(21-15)18-9-7-11-3-5-12(17)6-4-11/h3-6,10H,2,7-9H2,1H3,(H2,18,19,20,21). The molecular weight excluding hydrogens is 335 g/mol. The number of nitrogens with one attached hydrogen (secondary N) is 2. The van der Waals surface area contributed by atoms with Crippen molar-refractivity contribution in [3.63, 3.8) is 0 Å². The number of rotatable bonds is 7. The number of hydrogen-bond donors (Lipinski definition) is 2. The van der Waals surface area contributed by atoms with E-state index in [4.69, 9.17) is 0 Å². The lowest BCUT2D eigenvalue weighted by Crippen LogP contribution is -2.10. The first-order valence-corrected chi connectivity index (χ1v) is 7.73. The maximum atomic E-state index is 12.8. The average molecular weight is 353 g/mol. The van der Waals surface area contributed by atoms with E-state index in [2.05, 4.69) is 43.5 Å². The van der Waals surface area contributed by atoms with Crippen molar-refractivity contribution in [3.05, 3.63) is 46.3 Å². The molecule has 4 nitrogen and oxygen atoms in total. The fourth-order valence-electron chi connectivity index (χ4n) is 1.79. The summed E-state index contributed by atoms with van der Waals surface area (Å²) in [5, 5.41) is 6.41. The molecule has 0 saturated heterocycles. The molecule has 0 saturated carbocycles. The summed E-state index contributed by atoms with van der Waals surface area (Å²) in [7, 11) is 0. The first-order chi connectivity index (χ1) is 10.2. The fourth-order valence-corrected chi connectivity index (χ4v) is 2.12. The predicted octanol–water partition coefficient (Wildman–Crippen LogP) is 3.85. The Balaban J connectivity index is 1.91. The van der Waals surface area contributed by atoms with Crippen LogP contribution in [0.2, 0.25) is 0 Å². The van der Waals surface area contributed by atoms with Crippen LogP contribution in [-0.4, -0.2) is 23.1 Å². The minimum absolute atomic E-state index is 0.211. The monoisotopic (exact) mass is 352 g/mol. The van der Waals surface area contributed by atoms with Crippen molar-refractivity contribution >= 4 is 27.7 Å².